The summed E-state index contributed by atoms with van der Waals surface area (Å²) in [6, 6.07) is 9.47. The van der Waals surface area contributed by atoms with Crippen molar-refractivity contribution in [2.24, 2.45) is 5.73 Å². The summed E-state index contributed by atoms with van der Waals surface area (Å²) in [5, 5.41) is 0. The molecule has 1 aromatic carbocycles. The molecular formula is C12H17F2N. The Balaban J connectivity index is 2.65. The van der Waals surface area contributed by atoms with Crippen LogP contribution in [-0.4, -0.2) is 11.5 Å². The Morgan fingerprint density at radius 1 is 1.13 bits per heavy atom. The summed E-state index contributed by atoms with van der Waals surface area (Å²) in [6.07, 6.45) is 0.173. The molecule has 0 aliphatic heterocycles. The van der Waals surface area contributed by atoms with Crippen LogP contribution >= 0.6 is 0 Å². The van der Waals surface area contributed by atoms with Crippen molar-refractivity contribution >= 4 is 0 Å². The van der Waals surface area contributed by atoms with Gasteiger partial charge < -0.3 is 5.73 Å². The van der Waals surface area contributed by atoms with Crippen molar-refractivity contribution in [3.8, 4) is 0 Å². The molecule has 0 aliphatic carbocycles. The van der Waals surface area contributed by atoms with Crippen LogP contribution in [0.25, 0.3) is 0 Å². The summed E-state index contributed by atoms with van der Waals surface area (Å²) in [4.78, 5) is 0. The largest absolute Gasteiger partial charge is 0.325 e. The van der Waals surface area contributed by atoms with Crippen molar-refractivity contribution in [2.75, 3.05) is 0 Å². The van der Waals surface area contributed by atoms with Gasteiger partial charge in [-0.25, -0.2) is 8.78 Å². The van der Waals surface area contributed by atoms with Gasteiger partial charge in [0.1, 0.15) is 0 Å². The highest BCUT2D eigenvalue weighted by molar-refractivity contribution is 5.17. The predicted molar refractivity (Wildman–Crippen MR) is 58.0 cm³/mol. The summed E-state index contributed by atoms with van der Waals surface area (Å²) < 4.78 is 25.7. The fourth-order valence-corrected chi connectivity index (χ4v) is 1.83. The maximum Gasteiger partial charge on any atom is 0.247 e. The molecule has 0 aromatic heterocycles. The van der Waals surface area contributed by atoms with Gasteiger partial charge >= 0.3 is 0 Å². The Morgan fingerprint density at radius 2 is 1.67 bits per heavy atom. The van der Waals surface area contributed by atoms with E-state index in [1.54, 1.807) is 6.92 Å². The second-order valence-electron chi connectivity index (χ2n) is 4.56. The van der Waals surface area contributed by atoms with Crippen molar-refractivity contribution in [1.29, 1.82) is 0 Å². The number of nitrogens with two attached hydrogens (primary N) is 1. The summed E-state index contributed by atoms with van der Waals surface area (Å²) in [5.41, 5.74) is 5.99. The Hall–Kier alpha value is -0.960. The lowest BCUT2D eigenvalue weighted by atomic mass is 9.88. The third kappa shape index (κ3) is 4.88. The second kappa shape index (κ2) is 4.27. The molecule has 15 heavy (non-hydrogen) atoms. The standard InChI is InChI=1S/C12H17F2N/c1-11(15,9-12(2,13)14)8-10-6-4-3-5-7-10/h3-7H,8-9,15H2,1-2H3/t11-/m1/s1. The number of hydrogen-bond acceptors (Lipinski definition) is 1. The molecule has 1 atom stereocenters. The van der Waals surface area contributed by atoms with Gasteiger partial charge in [0.25, 0.3) is 0 Å². The van der Waals surface area contributed by atoms with E-state index >= 15 is 0 Å². The van der Waals surface area contributed by atoms with Gasteiger partial charge in [0.2, 0.25) is 5.92 Å². The monoisotopic (exact) mass is 213 g/mol. The molecule has 1 nitrogen and oxygen atoms in total. The van der Waals surface area contributed by atoms with E-state index in [0.717, 1.165) is 12.5 Å². The molecule has 1 rings (SSSR count). The van der Waals surface area contributed by atoms with Gasteiger partial charge in [-0.1, -0.05) is 30.3 Å². The molecule has 0 unspecified atom stereocenters. The normalized spacial score (nSPS) is 16.1. The molecule has 2 N–H and O–H groups in total. The van der Waals surface area contributed by atoms with Crippen molar-refractivity contribution in [2.45, 2.75) is 38.2 Å². The molecule has 0 bridgehead atoms. The number of rotatable bonds is 4. The van der Waals surface area contributed by atoms with Crippen LogP contribution in [0.4, 0.5) is 8.78 Å². The Labute approximate surface area is 89.3 Å². The van der Waals surface area contributed by atoms with E-state index < -0.39 is 11.5 Å². The topological polar surface area (TPSA) is 26.0 Å². The van der Waals surface area contributed by atoms with E-state index in [1.807, 2.05) is 30.3 Å². The van der Waals surface area contributed by atoms with Crippen LogP contribution in [0.15, 0.2) is 30.3 Å². The van der Waals surface area contributed by atoms with Crippen LogP contribution in [0.3, 0.4) is 0 Å². The third-order valence-corrected chi connectivity index (χ3v) is 2.17. The molecule has 0 fully saturated rings. The Morgan fingerprint density at radius 3 is 2.13 bits per heavy atom. The molecular weight excluding hydrogens is 196 g/mol. The maximum absolute atomic E-state index is 12.8. The van der Waals surface area contributed by atoms with E-state index in [1.165, 1.54) is 0 Å². The van der Waals surface area contributed by atoms with Gasteiger partial charge in [0, 0.05) is 12.0 Å². The van der Waals surface area contributed by atoms with Gasteiger partial charge in [-0.05, 0) is 25.8 Å². The molecule has 0 spiro atoms. The molecule has 3 heteroatoms. The van der Waals surface area contributed by atoms with Crippen LogP contribution in [0.5, 0.6) is 0 Å². The van der Waals surface area contributed by atoms with Crippen LogP contribution < -0.4 is 5.73 Å². The first-order valence-corrected chi connectivity index (χ1v) is 4.99. The zero-order valence-electron chi connectivity index (χ0n) is 9.13. The molecule has 0 saturated heterocycles. The lowest BCUT2D eigenvalue weighted by Crippen LogP contribution is -2.43. The predicted octanol–water partition coefficient (Wildman–Crippen LogP) is 2.99. The quantitative estimate of drug-likeness (QED) is 0.817. The van der Waals surface area contributed by atoms with Crippen molar-refractivity contribution in [1.82, 2.24) is 0 Å². The first kappa shape index (κ1) is 12.1. The summed E-state index contributed by atoms with van der Waals surface area (Å²) in [6.45, 7) is 2.57. The Kier molecular flexibility index (Phi) is 3.45. The lowest BCUT2D eigenvalue weighted by molar-refractivity contribution is -0.00665. The zero-order chi connectivity index (χ0) is 11.5. The smallest absolute Gasteiger partial charge is 0.247 e. The number of hydrogen-bond donors (Lipinski definition) is 1. The summed E-state index contributed by atoms with van der Waals surface area (Å²) in [7, 11) is 0. The van der Waals surface area contributed by atoms with Crippen molar-refractivity contribution in [3.05, 3.63) is 35.9 Å². The van der Waals surface area contributed by atoms with Gasteiger partial charge in [-0.3, -0.25) is 0 Å². The average molecular weight is 213 g/mol. The minimum absolute atomic E-state index is 0.297. The van der Waals surface area contributed by atoms with Gasteiger partial charge in [0.15, 0.2) is 0 Å². The molecule has 0 amide bonds. The van der Waals surface area contributed by atoms with E-state index in [-0.39, 0.29) is 6.42 Å². The molecule has 0 radical (unpaired) electrons. The van der Waals surface area contributed by atoms with Gasteiger partial charge in [-0.15, -0.1) is 0 Å². The minimum atomic E-state index is -2.71. The van der Waals surface area contributed by atoms with Crippen LogP contribution in [0, 0.1) is 0 Å². The molecule has 1 aromatic rings. The highest BCUT2D eigenvalue weighted by atomic mass is 19.3. The third-order valence-electron chi connectivity index (χ3n) is 2.17. The van der Waals surface area contributed by atoms with Crippen LogP contribution in [0.1, 0.15) is 25.8 Å². The maximum atomic E-state index is 12.8. The van der Waals surface area contributed by atoms with Crippen molar-refractivity contribution in [3.63, 3.8) is 0 Å². The number of alkyl halides is 2. The summed E-state index contributed by atoms with van der Waals surface area (Å²) in [5.74, 6) is -2.71. The van der Waals surface area contributed by atoms with Crippen LogP contribution in [-0.2, 0) is 6.42 Å². The first-order valence-electron chi connectivity index (χ1n) is 4.99. The van der Waals surface area contributed by atoms with E-state index in [2.05, 4.69) is 0 Å². The first-order chi connectivity index (χ1) is 6.79. The zero-order valence-corrected chi connectivity index (χ0v) is 9.13. The SMILES string of the molecule is CC(F)(F)C[C@](C)(N)Cc1ccccc1. The highest BCUT2D eigenvalue weighted by Gasteiger charge is 2.32. The highest BCUT2D eigenvalue weighted by Crippen LogP contribution is 2.26. The average Bonchev–Trinajstić information content (AvgIpc) is 1.99. The second-order valence-corrected chi connectivity index (χ2v) is 4.56. The van der Waals surface area contributed by atoms with Crippen LogP contribution in [0.2, 0.25) is 0 Å². The molecule has 0 heterocycles. The van der Waals surface area contributed by atoms with E-state index in [0.29, 0.717) is 6.42 Å². The van der Waals surface area contributed by atoms with Crippen molar-refractivity contribution < 1.29 is 8.78 Å². The molecule has 0 aliphatic rings. The van der Waals surface area contributed by atoms with Gasteiger partial charge in [-0.2, -0.15) is 0 Å². The number of benzene rings is 1. The fourth-order valence-electron chi connectivity index (χ4n) is 1.83. The summed E-state index contributed by atoms with van der Waals surface area (Å²) >= 11 is 0. The molecule has 0 saturated carbocycles. The Bertz CT molecular complexity index is 301. The van der Waals surface area contributed by atoms with E-state index in [4.69, 9.17) is 5.73 Å². The fraction of sp³-hybridized carbons (Fsp3) is 0.500. The molecule has 84 valence electrons. The lowest BCUT2D eigenvalue weighted by Gasteiger charge is -2.27. The van der Waals surface area contributed by atoms with E-state index in [9.17, 15) is 8.78 Å². The minimum Gasteiger partial charge on any atom is -0.325 e. The van der Waals surface area contributed by atoms with Gasteiger partial charge in [0.05, 0.1) is 0 Å². The number of halogens is 2.